The molecule has 1 heterocycles. The van der Waals surface area contributed by atoms with Crippen molar-refractivity contribution in [1.29, 1.82) is 0 Å². The molecule has 4 nitrogen and oxygen atoms in total. The predicted molar refractivity (Wildman–Crippen MR) is 62.6 cm³/mol. The maximum Gasteiger partial charge on any atom is 0.170 e. The monoisotopic (exact) mass is 222 g/mol. The van der Waals surface area contributed by atoms with Crippen LogP contribution in [0.25, 0.3) is 0 Å². The van der Waals surface area contributed by atoms with Crippen LogP contribution < -0.4 is 5.32 Å². The summed E-state index contributed by atoms with van der Waals surface area (Å²) in [6.45, 7) is 5.55. The molecule has 0 radical (unpaired) electrons. The van der Waals surface area contributed by atoms with E-state index in [1.807, 2.05) is 13.8 Å². The van der Waals surface area contributed by atoms with Gasteiger partial charge in [0, 0.05) is 25.9 Å². The molecule has 88 valence electrons. The first-order valence-electron chi connectivity index (χ1n) is 5.74. The highest BCUT2D eigenvalue weighted by Gasteiger charge is 2.35. The first-order chi connectivity index (χ1) is 7.49. The largest absolute Gasteiger partial charge is 0.511 e. The number of carbonyl (C=O) groups is 1. The third kappa shape index (κ3) is 2.10. The number of carbonyl (C=O) groups excluding carboxylic acids is 1. The molecule has 4 heteroatoms. The van der Waals surface area contributed by atoms with Gasteiger partial charge in [-0.25, -0.2) is 0 Å². The Kier molecular flexibility index (Phi) is 2.74. The summed E-state index contributed by atoms with van der Waals surface area (Å²) in [6, 6.07) is 0. The van der Waals surface area contributed by atoms with Gasteiger partial charge in [0.25, 0.3) is 0 Å². The number of aliphatic imine (C=N–C) groups is 1. The number of hydrogen-bond donors (Lipinski definition) is 2. The van der Waals surface area contributed by atoms with Crippen molar-refractivity contribution in [1.82, 2.24) is 5.32 Å². The first-order valence-corrected chi connectivity index (χ1v) is 5.74. The van der Waals surface area contributed by atoms with Crippen LogP contribution in [0.15, 0.2) is 16.3 Å². The van der Waals surface area contributed by atoms with Gasteiger partial charge in [0.05, 0.1) is 5.57 Å². The molecule has 0 spiro atoms. The molecule has 0 aromatic carbocycles. The lowest BCUT2D eigenvalue weighted by atomic mass is 9.76. The predicted octanol–water partition coefficient (Wildman–Crippen LogP) is 1.58. The van der Waals surface area contributed by atoms with Gasteiger partial charge in [-0.2, -0.15) is 0 Å². The van der Waals surface area contributed by atoms with Crippen molar-refractivity contribution in [3.8, 4) is 0 Å². The summed E-state index contributed by atoms with van der Waals surface area (Å²) >= 11 is 0. The van der Waals surface area contributed by atoms with Crippen LogP contribution in [-0.4, -0.2) is 29.8 Å². The maximum atomic E-state index is 12.0. The van der Waals surface area contributed by atoms with Crippen LogP contribution >= 0.6 is 0 Å². The van der Waals surface area contributed by atoms with Crippen molar-refractivity contribution >= 4 is 11.6 Å². The average molecular weight is 222 g/mol. The Hall–Kier alpha value is -1.32. The highest BCUT2D eigenvalue weighted by atomic mass is 16.3. The Morgan fingerprint density at radius 1 is 1.38 bits per heavy atom. The second kappa shape index (κ2) is 3.92. The molecule has 1 aliphatic carbocycles. The van der Waals surface area contributed by atoms with Crippen molar-refractivity contribution in [2.45, 2.75) is 33.1 Å². The van der Waals surface area contributed by atoms with Crippen molar-refractivity contribution < 1.29 is 9.90 Å². The van der Waals surface area contributed by atoms with Crippen LogP contribution in [0.3, 0.4) is 0 Å². The van der Waals surface area contributed by atoms with Crippen LogP contribution in [0.1, 0.15) is 33.1 Å². The van der Waals surface area contributed by atoms with Crippen molar-refractivity contribution in [3.05, 3.63) is 11.3 Å². The van der Waals surface area contributed by atoms with E-state index in [0.717, 1.165) is 19.5 Å². The SMILES string of the molecule is CC1(C)CC(=O)C(C2=NCCCN2)=C(O)C1. The topological polar surface area (TPSA) is 61.7 Å². The Labute approximate surface area is 95.5 Å². The number of hydrogen-bond acceptors (Lipinski definition) is 4. The first kappa shape index (κ1) is 11.2. The molecule has 2 N–H and O–H groups in total. The van der Waals surface area contributed by atoms with E-state index in [2.05, 4.69) is 10.3 Å². The molecule has 1 aliphatic heterocycles. The highest BCUT2D eigenvalue weighted by molar-refractivity contribution is 6.22. The fraction of sp³-hybridized carbons (Fsp3) is 0.667. The van der Waals surface area contributed by atoms with E-state index in [4.69, 9.17) is 0 Å². The minimum absolute atomic E-state index is 0.00176. The quantitative estimate of drug-likeness (QED) is 0.708. The number of nitrogens with zero attached hydrogens (tertiary/aromatic N) is 1. The summed E-state index contributed by atoms with van der Waals surface area (Å²) in [4.78, 5) is 16.2. The molecule has 0 amide bonds. The van der Waals surface area contributed by atoms with E-state index in [-0.39, 0.29) is 17.0 Å². The maximum absolute atomic E-state index is 12.0. The highest BCUT2D eigenvalue weighted by Crippen LogP contribution is 2.35. The molecule has 2 rings (SSSR count). The number of Topliss-reactive ketones (excluding diaryl/α,β-unsaturated/α-hetero) is 1. The number of aliphatic hydroxyl groups is 1. The zero-order chi connectivity index (χ0) is 11.8. The lowest BCUT2D eigenvalue weighted by Gasteiger charge is -2.30. The van der Waals surface area contributed by atoms with Crippen molar-refractivity contribution in [2.24, 2.45) is 10.4 Å². The van der Waals surface area contributed by atoms with Gasteiger partial charge in [0.1, 0.15) is 11.6 Å². The van der Waals surface area contributed by atoms with Crippen LogP contribution in [0.2, 0.25) is 0 Å². The molecule has 0 fully saturated rings. The molecule has 2 aliphatic rings. The standard InChI is InChI=1S/C12H18N2O2/c1-12(2)6-8(15)10(9(16)7-12)11-13-4-3-5-14-11/h15H,3-7H2,1-2H3,(H,13,14). The number of amidine groups is 1. The molecule has 0 atom stereocenters. The van der Waals surface area contributed by atoms with E-state index in [1.165, 1.54) is 0 Å². The number of ketones is 1. The Morgan fingerprint density at radius 2 is 2.12 bits per heavy atom. The lowest BCUT2D eigenvalue weighted by molar-refractivity contribution is -0.118. The Balaban J connectivity index is 2.32. The molecule has 0 aromatic heterocycles. The average Bonchev–Trinajstić information content (AvgIpc) is 2.16. The van der Waals surface area contributed by atoms with Gasteiger partial charge in [-0.15, -0.1) is 0 Å². The molecule has 0 unspecified atom stereocenters. The summed E-state index contributed by atoms with van der Waals surface area (Å²) in [6.07, 6.45) is 2.01. The van der Waals surface area contributed by atoms with E-state index in [0.29, 0.717) is 24.3 Å². The van der Waals surface area contributed by atoms with Crippen molar-refractivity contribution in [3.63, 3.8) is 0 Å². The van der Waals surface area contributed by atoms with E-state index in [1.54, 1.807) is 0 Å². The molecule has 0 saturated heterocycles. The summed E-state index contributed by atoms with van der Waals surface area (Å²) in [5, 5.41) is 13.1. The second-order valence-electron chi connectivity index (χ2n) is 5.27. The molecule has 16 heavy (non-hydrogen) atoms. The summed E-state index contributed by atoms with van der Waals surface area (Å²) in [5.74, 6) is 0.778. The molecular formula is C12H18N2O2. The lowest BCUT2D eigenvalue weighted by Crippen LogP contribution is -2.38. The van der Waals surface area contributed by atoms with Gasteiger partial charge >= 0.3 is 0 Å². The fourth-order valence-corrected chi connectivity index (χ4v) is 2.26. The van der Waals surface area contributed by atoms with Gasteiger partial charge < -0.3 is 10.4 Å². The Morgan fingerprint density at radius 3 is 2.69 bits per heavy atom. The van der Waals surface area contributed by atoms with Crippen molar-refractivity contribution in [2.75, 3.05) is 13.1 Å². The fourth-order valence-electron chi connectivity index (χ4n) is 2.26. The number of nitrogens with one attached hydrogen (secondary N) is 1. The Bertz CT molecular complexity index is 380. The summed E-state index contributed by atoms with van der Waals surface area (Å²) in [5.41, 5.74) is 0.277. The number of allylic oxidation sites excluding steroid dienone is 1. The summed E-state index contributed by atoms with van der Waals surface area (Å²) < 4.78 is 0. The number of rotatable bonds is 1. The van der Waals surface area contributed by atoms with Crippen LogP contribution in [0.4, 0.5) is 0 Å². The molecule has 0 bridgehead atoms. The minimum Gasteiger partial charge on any atom is -0.511 e. The zero-order valence-electron chi connectivity index (χ0n) is 9.84. The third-order valence-corrected chi connectivity index (χ3v) is 2.99. The van der Waals surface area contributed by atoms with Gasteiger partial charge in [-0.3, -0.25) is 9.79 Å². The molecule has 0 saturated carbocycles. The van der Waals surface area contributed by atoms with Gasteiger partial charge in [-0.1, -0.05) is 13.8 Å². The van der Waals surface area contributed by atoms with E-state index >= 15 is 0 Å². The van der Waals surface area contributed by atoms with Crippen LogP contribution in [0, 0.1) is 5.41 Å². The van der Waals surface area contributed by atoms with E-state index in [9.17, 15) is 9.90 Å². The smallest absolute Gasteiger partial charge is 0.170 e. The van der Waals surface area contributed by atoms with Gasteiger partial charge in [-0.05, 0) is 11.8 Å². The minimum atomic E-state index is -0.139. The zero-order valence-corrected chi connectivity index (χ0v) is 9.84. The second-order valence-corrected chi connectivity index (χ2v) is 5.27. The molecule has 0 aromatic rings. The van der Waals surface area contributed by atoms with Gasteiger partial charge in [0.15, 0.2) is 5.78 Å². The third-order valence-electron chi connectivity index (χ3n) is 2.99. The number of aliphatic hydroxyl groups excluding tert-OH is 1. The van der Waals surface area contributed by atoms with Crippen LogP contribution in [0.5, 0.6) is 0 Å². The van der Waals surface area contributed by atoms with E-state index < -0.39 is 0 Å². The summed E-state index contributed by atoms with van der Waals surface area (Å²) in [7, 11) is 0. The normalized spacial score (nSPS) is 25.1. The van der Waals surface area contributed by atoms with Crippen LogP contribution in [-0.2, 0) is 4.79 Å². The van der Waals surface area contributed by atoms with Gasteiger partial charge in [0.2, 0.25) is 0 Å². The molecular weight excluding hydrogens is 204 g/mol.